The van der Waals surface area contributed by atoms with Gasteiger partial charge in [-0.15, -0.1) is 0 Å². The largest absolute Gasteiger partial charge is 0.387 e. The van der Waals surface area contributed by atoms with Gasteiger partial charge in [0.2, 0.25) is 0 Å². The lowest BCUT2D eigenvalue weighted by atomic mass is 9.99. The number of aliphatic hydroxyl groups is 3. The van der Waals surface area contributed by atoms with Gasteiger partial charge in [-0.05, 0) is 30.2 Å². The van der Waals surface area contributed by atoms with Gasteiger partial charge in [0.25, 0.3) is 0 Å². The van der Waals surface area contributed by atoms with E-state index >= 15 is 0 Å². The van der Waals surface area contributed by atoms with Crippen LogP contribution in [-0.4, -0.2) is 43.2 Å². The summed E-state index contributed by atoms with van der Waals surface area (Å²) in [5.41, 5.74) is 2.37. The van der Waals surface area contributed by atoms with E-state index in [4.69, 9.17) is 4.74 Å². The molecule has 2 aromatic heterocycles. The third-order valence-electron chi connectivity index (χ3n) is 4.84. The van der Waals surface area contributed by atoms with Gasteiger partial charge in [0.1, 0.15) is 30.1 Å². The van der Waals surface area contributed by atoms with Gasteiger partial charge in [-0.1, -0.05) is 30.3 Å². The third-order valence-corrected chi connectivity index (χ3v) is 4.84. The summed E-state index contributed by atoms with van der Waals surface area (Å²) in [5.74, 6) is 0. The van der Waals surface area contributed by atoms with E-state index in [1.807, 2.05) is 25.1 Å². The number of aryl methyl sites for hydroxylation is 1. The highest BCUT2D eigenvalue weighted by atomic mass is 16.6. The van der Waals surface area contributed by atoms with Crippen LogP contribution in [0, 0.1) is 6.92 Å². The number of hydrogen-bond acceptors (Lipinski definition) is 5. The molecule has 1 aromatic carbocycles. The maximum Gasteiger partial charge on any atom is 0.164 e. The zero-order chi connectivity index (χ0) is 17.6. The normalized spacial score (nSPS) is 27.7. The number of pyridine rings is 1. The van der Waals surface area contributed by atoms with Crippen molar-refractivity contribution in [2.75, 3.05) is 0 Å². The van der Waals surface area contributed by atoms with Crippen LogP contribution in [0.4, 0.5) is 0 Å². The molecule has 3 heterocycles. The number of ether oxygens (including phenoxy) is 1. The zero-order valence-electron chi connectivity index (χ0n) is 13.7. The molecule has 1 fully saturated rings. The Morgan fingerprint density at radius 1 is 1.08 bits per heavy atom. The molecule has 5 atom stereocenters. The number of hydrogen-bond donors (Lipinski definition) is 3. The highest BCUT2D eigenvalue weighted by Gasteiger charge is 2.47. The first kappa shape index (κ1) is 16.2. The molecule has 0 unspecified atom stereocenters. The van der Waals surface area contributed by atoms with E-state index in [0.29, 0.717) is 11.2 Å². The molecule has 0 spiro atoms. The average Bonchev–Trinajstić information content (AvgIpc) is 3.18. The molecule has 6 heteroatoms. The fraction of sp³-hybridized carbons (Fsp3) is 0.316. The van der Waals surface area contributed by atoms with Gasteiger partial charge in [0.05, 0.1) is 0 Å². The van der Waals surface area contributed by atoms with Gasteiger partial charge < -0.3 is 24.6 Å². The Hall–Kier alpha value is -2.25. The summed E-state index contributed by atoms with van der Waals surface area (Å²) < 4.78 is 7.57. The molecule has 25 heavy (non-hydrogen) atoms. The highest BCUT2D eigenvalue weighted by Crippen LogP contribution is 2.37. The average molecular weight is 340 g/mol. The van der Waals surface area contributed by atoms with E-state index in [-0.39, 0.29) is 0 Å². The van der Waals surface area contributed by atoms with Crippen LogP contribution in [0.15, 0.2) is 54.9 Å². The summed E-state index contributed by atoms with van der Waals surface area (Å²) in [6.45, 7) is 1.98. The molecule has 4 rings (SSSR count). The van der Waals surface area contributed by atoms with Crippen molar-refractivity contribution in [3.63, 3.8) is 0 Å². The van der Waals surface area contributed by atoms with Gasteiger partial charge in [-0.3, -0.25) is 0 Å². The van der Waals surface area contributed by atoms with Crippen molar-refractivity contribution >= 4 is 11.0 Å². The molecule has 0 amide bonds. The molecule has 1 aliphatic rings. The lowest BCUT2D eigenvalue weighted by molar-refractivity contribution is -0.0848. The summed E-state index contributed by atoms with van der Waals surface area (Å²) in [6.07, 6.45) is -1.67. The first-order chi connectivity index (χ1) is 12.1. The number of nitrogens with zero attached hydrogens (tertiary/aromatic N) is 2. The molecule has 1 aliphatic heterocycles. The molecule has 0 saturated carbocycles. The first-order valence-electron chi connectivity index (χ1n) is 8.24. The predicted molar refractivity (Wildman–Crippen MR) is 91.8 cm³/mol. The van der Waals surface area contributed by atoms with Gasteiger partial charge in [-0.2, -0.15) is 0 Å². The van der Waals surface area contributed by atoms with E-state index in [9.17, 15) is 15.3 Å². The second-order valence-corrected chi connectivity index (χ2v) is 6.42. The standard InChI is InChI=1S/C19H20N2O4/c1-11-7-9-20-18-13(11)8-10-21(18)19-16(24)15(23)17(25-19)14(22)12-5-3-2-4-6-12/h2-10,14-17,19,22-24H,1H3/t14-,15+,16-,17-,19-/m1/s1. The van der Waals surface area contributed by atoms with Crippen molar-refractivity contribution < 1.29 is 20.1 Å². The molecule has 3 N–H and O–H groups in total. The Balaban J connectivity index is 1.67. The molecular formula is C19H20N2O4. The summed E-state index contributed by atoms with van der Waals surface area (Å²) in [4.78, 5) is 4.36. The minimum Gasteiger partial charge on any atom is -0.387 e. The van der Waals surface area contributed by atoms with Crippen molar-refractivity contribution in [2.45, 2.75) is 37.6 Å². The van der Waals surface area contributed by atoms with Crippen molar-refractivity contribution in [2.24, 2.45) is 0 Å². The van der Waals surface area contributed by atoms with Gasteiger partial charge in [0.15, 0.2) is 6.23 Å². The first-order valence-corrected chi connectivity index (χ1v) is 8.24. The second-order valence-electron chi connectivity index (χ2n) is 6.42. The Bertz CT molecular complexity index is 880. The van der Waals surface area contributed by atoms with Crippen LogP contribution in [0.3, 0.4) is 0 Å². The van der Waals surface area contributed by atoms with Crippen LogP contribution in [0.1, 0.15) is 23.5 Å². The van der Waals surface area contributed by atoms with Crippen molar-refractivity contribution in [3.05, 3.63) is 66.0 Å². The van der Waals surface area contributed by atoms with E-state index < -0.39 is 30.6 Å². The van der Waals surface area contributed by atoms with Crippen LogP contribution in [0.5, 0.6) is 0 Å². The fourth-order valence-electron chi connectivity index (χ4n) is 3.41. The SMILES string of the molecule is Cc1ccnc2c1ccn2[C@@H]1O[C@H]([C@H](O)c2ccccc2)[C@@H](O)[C@H]1O. The third kappa shape index (κ3) is 2.63. The predicted octanol–water partition coefficient (Wildman–Crippen LogP) is 1.70. The Labute approximate surface area is 144 Å². The maximum absolute atomic E-state index is 10.6. The summed E-state index contributed by atoms with van der Waals surface area (Å²) >= 11 is 0. The van der Waals surface area contributed by atoms with E-state index in [1.54, 1.807) is 41.2 Å². The maximum atomic E-state index is 10.6. The lowest BCUT2D eigenvalue weighted by Crippen LogP contribution is -2.34. The quantitative estimate of drug-likeness (QED) is 0.675. The minimum absolute atomic E-state index is 0.630. The topological polar surface area (TPSA) is 87.7 Å². The molecule has 0 aliphatic carbocycles. The smallest absolute Gasteiger partial charge is 0.164 e. The molecule has 130 valence electrons. The summed E-state index contributed by atoms with van der Waals surface area (Å²) in [7, 11) is 0. The molecule has 0 bridgehead atoms. The summed E-state index contributed by atoms with van der Waals surface area (Å²) in [5, 5.41) is 32.4. The molecule has 3 aromatic rings. The van der Waals surface area contributed by atoms with Crippen LogP contribution in [-0.2, 0) is 4.74 Å². The monoisotopic (exact) mass is 340 g/mol. The molecule has 0 radical (unpaired) electrons. The van der Waals surface area contributed by atoms with Crippen LogP contribution in [0.25, 0.3) is 11.0 Å². The van der Waals surface area contributed by atoms with E-state index in [2.05, 4.69) is 4.98 Å². The zero-order valence-corrected chi connectivity index (χ0v) is 13.7. The summed E-state index contributed by atoms with van der Waals surface area (Å²) in [6, 6.07) is 12.8. The van der Waals surface area contributed by atoms with Crippen molar-refractivity contribution in [1.82, 2.24) is 9.55 Å². The number of aliphatic hydroxyl groups excluding tert-OH is 3. The van der Waals surface area contributed by atoms with E-state index in [1.165, 1.54) is 0 Å². The van der Waals surface area contributed by atoms with Crippen LogP contribution < -0.4 is 0 Å². The number of benzene rings is 1. The Morgan fingerprint density at radius 2 is 1.84 bits per heavy atom. The fourth-order valence-corrected chi connectivity index (χ4v) is 3.41. The molecular weight excluding hydrogens is 320 g/mol. The molecule has 1 saturated heterocycles. The minimum atomic E-state index is -1.21. The Morgan fingerprint density at radius 3 is 2.60 bits per heavy atom. The molecule has 6 nitrogen and oxygen atoms in total. The Kier molecular flexibility index (Phi) is 4.05. The van der Waals surface area contributed by atoms with Crippen LogP contribution in [0.2, 0.25) is 0 Å². The second kappa shape index (κ2) is 6.24. The highest BCUT2D eigenvalue weighted by molar-refractivity contribution is 5.79. The van der Waals surface area contributed by atoms with Gasteiger partial charge in [-0.25, -0.2) is 4.98 Å². The van der Waals surface area contributed by atoms with E-state index in [0.717, 1.165) is 10.9 Å². The van der Waals surface area contributed by atoms with Gasteiger partial charge in [0, 0.05) is 17.8 Å². The lowest BCUT2D eigenvalue weighted by Gasteiger charge is -2.21. The van der Waals surface area contributed by atoms with Crippen LogP contribution >= 0.6 is 0 Å². The van der Waals surface area contributed by atoms with Gasteiger partial charge >= 0.3 is 0 Å². The number of aromatic nitrogens is 2. The number of fused-ring (bicyclic) bond motifs is 1. The van der Waals surface area contributed by atoms with Crippen molar-refractivity contribution in [3.8, 4) is 0 Å². The number of rotatable bonds is 3. The van der Waals surface area contributed by atoms with Crippen molar-refractivity contribution in [1.29, 1.82) is 0 Å².